The third-order valence-electron chi connectivity index (χ3n) is 2.58. The van der Waals surface area contributed by atoms with E-state index in [1.807, 2.05) is 6.92 Å². The quantitative estimate of drug-likeness (QED) is 0.798. The molecule has 0 bridgehead atoms. The van der Waals surface area contributed by atoms with E-state index >= 15 is 0 Å². The predicted molar refractivity (Wildman–Crippen MR) is 81.0 cm³/mol. The molecule has 0 atom stereocenters. The third kappa shape index (κ3) is 13.4. The van der Waals surface area contributed by atoms with Crippen LogP contribution in [0.15, 0.2) is 0 Å². The topological polar surface area (TPSA) is 93.9 Å². The van der Waals surface area contributed by atoms with Crippen LogP contribution in [-0.4, -0.2) is 61.9 Å². The van der Waals surface area contributed by atoms with Gasteiger partial charge in [0.05, 0.1) is 13.2 Å². The number of nitrogens with two attached hydrogens (primary N) is 1. The van der Waals surface area contributed by atoms with Crippen LogP contribution in [0.25, 0.3) is 0 Å². The van der Waals surface area contributed by atoms with Gasteiger partial charge in [-0.05, 0) is 20.8 Å². The van der Waals surface area contributed by atoms with Gasteiger partial charge in [0.2, 0.25) is 5.91 Å². The van der Waals surface area contributed by atoms with Crippen molar-refractivity contribution in [3.63, 3.8) is 0 Å². The van der Waals surface area contributed by atoms with Crippen LogP contribution in [0.2, 0.25) is 0 Å². The molecule has 0 unspecified atom stereocenters. The summed E-state index contributed by atoms with van der Waals surface area (Å²) < 4.78 is 9.80. The molecule has 2 amide bonds. The monoisotopic (exact) mass is 303 g/mol. The van der Waals surface area contributed by atoms with E-state index in [0.717, 1.165) is 39.4 Å². The summed E-state index contributed by atoms with van der Waals surface area (Å²) in [6.45, 7) is 12.5. The summed E-state index contributed by atoms with van der Waals surface area (Å²) in [7, 11) is 0. The molecule has 3 N–H and O–H groups in total. The number of ether oxygens (including phenoxy) is 2. The van der Waals surface area contributed by atoms with Crippen LogP contribution in [-0.2, 0) is 14.3 Å². The van der Waals surface area contributed by atoms with Gasteiger partial charge in [-0.3, -0.25) is 9.69 Å². The van der Waals surface area contributed by atoms with E-state index in [1.165, 1.54) is 0 Å². The Morgan fingerprint density at radius 2 is 1.86 bits per heavy atom. The summed E-state index contributed by atoms with van der Waals surface area (Å²) in [6, 6.07) is 0. The number of carbonyl (C=O) groups excluding carboxylic acids is 2. The Morgan fingerprint density at radius 3 is 2.24 bits per heavy atom. The average molecular weight is 303 g/mol. The number of rotatable bonds is 4. The van der Waals surface area contributed by atoms with Crippen molar-refractivity contribution in [2.45, 2.75) is 39.7 Å². The SMILES string of the molecule is CC(C)(C)OC(N)=O.CCC(=O)NCCN1CCOCC1. The van der Waals surface area contributed by atoms with E-state index in [1.54, 1.807) is 20.8 Å². The maximum Gasteiger partial charge on any atom is 0.405 e. The summed E-state index contributed by atoms with van der Waals surface area (Å²) in [5, 5.41) is 2.86. The second-order valence-electron chi connectivity index (χ2n) is 5.69. The number of hydrogen-bond acceptors (Lipinski definition) is 5. The van der Waals surface area contributed by atoms with Gasteiger partial charge in [0, 0.05) is 32.6 Å². The fourth-order valence-corrected chi connectivity index (χ4v) is 1.60. The summed E-state index contributed by atoms with van der Waals surface area (Å²) in [5.41, 5.74) is 4.26. The molecule has 1 saturated heterocycles. The number of nitrogens with zero attached hydrogens (tertiary/aromatic N) is 1. The Balaban J connectivity index is 0.000000433. The highest BCUT2D eigenvalue weighted by molar-refractivity contribution is 5.75. The second kappa shape index (κ2) is 10.4. The Bertz CT molecular complexity index is 310. The van der Waals surface area contributed by atoms with Gasteiger partial charge in [-0.2, -0.15) is 0 Å². The molecule has 0 spiro atoms. The van der Waals surface area contributed by atoms with Crippen molar-refractivity contribution in [2.24, 2.45) is 5.73 Å². The minimum Gasteiger partial charge on any atom is -0.444 e. The number of hydrogen-bond donors (Lipinski definition) is 2. The average Bonchev–Trinajstić information content (AvgIpc) is 2.37. The highest BCUT2D eigenvalue weighted by atomic mass is 16.6. The number of nitrogens with one attached hydrogen (secondary N) is 1. The first-order valence-electron chi connectivity index (χ1n) is 7.30. The van der Waals surface area contributed by atoms with Crippen molar-refractivity contribution in [3.05, 3.63) is 0 Å². The van der Waals surface area contributed by atoms with E-state index in [2.05, 4.69) is 15.0 Å². The zero-order valence-electron chi connectivity index (χ0n) is 13.6. The molecule has 0 aromatic heterocycles. The number of carbonyl (C=O) groups is 2. The van der Waals surface area contributed by atoms with Crippen LogP contribution in [0.3, 0.4) is 0 Å². The van der Waals surface area contributed by atoms with Gasteiger partial charge in [-0.15, -0.1) is 0 Å². The number of amides is 2. The third-order valence-corrected chi connectivity index (χ3v) is 2.58. The lowest BCUT2D eigenvalue weighted by molar-refractivity contribution is -0.120. The molecular formula is C14H29N3O4. The van der Waals surface area contributed by atoms with Gasteiger partial charge >= 0.3 is 6.09 Å². The number of morpholine rings is 1. The van der Waals surface area contributed by atoms with Crippen molar-refractivity contribution in [3.8, 4) is 0 Å². The molecule has 1 heterocycles. The fourth-order valence-electron chi connectivity index (χ4n) is 1.60. The lowest BCUT2D eigenvalue weighted by atomic mass is 10.2. The second-order valence-corrected chi connectivity index (χ2v) is 5.69. The Morgan fingerprint density at radius 1 is 1.29 bits per heavy atom. The minimum absolute atomic E-state index is 0.133. The van der Waals surface area contributed by atoms with Crippen LogP contribution in [0.5, 0.6) is 0 Å². The van der Waals surface area contributed by atoms with Gasteiger partial charge in [0.25, 0.3) is 0 Å². The standard InChI is InChI=1S/C9H18N2O2.C5H11NO2/c1-2-9(12)10-3-4-11-5-7-13-8-6-11;1-5(2,3)8-4(6)7/h2-8H2,1H3,(H,10,12);1-3H3,(H2,6,7). The molecule has 1 aliphatic heterocycles. The maximum atomic E-state index is 10.9. The Hall–Kier alpha value is -1.34. The van der Waals surface area contributed by atoms with E-state index in [0.29, 0.717) is 6.42 Å². The molecule has 21 heavy (non-hydrogen) atoms. The van der Waals surface area contributed by atoms with E-state index in [9.17, 15) is 9.59 Å². The van der Waals surface area contributed by atoms with Gasteiger partial charge in [0.1, 0.15) is 5.60 Å². The molecule has 0 radical (unpaired) electrons. The zero-order valence-corrected chi connectivity index (χ0v) is 13.6. The Kier molecular flexibility index (Phi) is 9.73. The summed E-state index contributed by atoms with van der Waals surface area (Å²) in [4.78, 5) is 23.2. The van der Waals surface area contributed by atoms with Crippen molar-refractivity contribution in [1.82, 2.24) is 10.2 Å². The number of primary amides is 1. The normalized spacial score (nSPS) is 15.6. The molecule has 0 aromatic rings. The van der Waals surface area contributed by atoms with E-state index in [-0.39, 0.29) is 5.91 Å². The van der Waals surface area contributed by atoms with Crippen LogP contribution in [0.4, 0.5) is 4.79 Å². The minimum atomic E-state index is -0.725. The molecule has 124 valence electrons. The first kappa shape index (κ1) is 19.7. The highest BCUT2D eigenvalue weighted by Gasteiger charge is 2.12. The first-order valence-corrected chi connectivity index (χ1v) is 7.30. The lowest BCUT2D eigenvalue weighted by Crippen LogP contribution is -2.41. The summed E-state index contributed by atoms with van der Waals surface area (Å²) in [5.74, 6) is 0.133. The molecule has 0 aromatic carbocycles. The fraction of sp³-hybridized carbons (Fsp3) is 0.857. The van der Waals surface area contributed by atoms with Crippen molar-refractivity contribution >= 4 is 12.0 Å². The van der Waals surface area contributed by atoms with E-state index in [4.69, 9.17) is 10.5 Å². The van der Waals surface area contributed by atoms with Crippen molar-refractivity contribution < 1.29 is 19.1 Å². The largest absolute Gasteiger partial charge is 0.444 e. The van der Waals surface area contributed by atoms with Crippen LogP contribution in [0.1, 0.15) is 34.1 Å². The first-order chi connectivity index (χ1) is 9.74. The molecular weight excluding hydrogens is 274 g/mol. The van der Waals surface area contributed by atoms with Gasteiger partial charge < -0.3 is 20.5 Å². The highest BCUT2D eigenvalue weighted by Crippen LogP contribution is 2.04. The maximum absolute atomic E-state index is 10.9. The molecule has 0 saturated carbocycles. The molecule has 7 nitrogen and oxygen atoms in total. The molecule has 7 heteroatoms. The van der Waals surface area contributed by atoms with Crippen molar-refractivity contribution in [1.29, 1.82) is 0 Å². The van der Waals surface area contributed by atoms with Gasteiger partial charge in [-0.1, -0.05) is 6.92 Å². The van der Waals surface area contributed by atoms with E-state index < -0.39 is 11.7 Å². The van der Waals surface area contributed by atoms with Crippen molar-refractivity contribution in [2.75, 3.05) is 39.4 Å². The lowest BCUT2D eigenvalue weighted by Gasteiger charge is -2.26. The smallest absolute Gasteiger partial charge is 0.405 e. The van der Waals surface area contributed by atoms with Crippen LogP contribution < -0.4 is 11.1 Å². The zero-order chi connectivity index (χ0) is 16.3. The summed E-state index contributed by atoms with van der Waals surface area (Å²) >= 11 is 0. The molecule has 1 rings (SSSR count). The van der Waals surface area contributed by atoms with Gasteiger partial charge in [-0.25, -0.2) is 4.79 Å². The molecule has 1 aliphatic rings. The Labute approximate surface area is 127 Å². The van der Waals surface area contributed by atoms with Gasteiger partial charge in [0.15, 0.2) is 0 Å². The summed E-state index contributed by atoms with van der Waals surface area (Å²) in [6.07, 6.45) is -0.152. The predicted octanol–water partition coefficient (Wildman–Crippen LogP) is 0.725. The van der Waals surface area contributed by atoms with Crippen LogP contribution in [0, 0.1) is 0 Å². The van der Waals surface area contributed by atoms with Crippen LogP contribution >= 0.6 is 0 Å². The molecule has 0 aliphatic carbocycles. The molecule has 1 fully saturated rings.